The van der Waals surface area contributed by atoms with Gasteiger partial charge in [0.15, 0.2) is 5.58 Å². The Morgan fingerprint density at radius 2 is 0.966 bits per heavy atom. The molecule has 1 aliphatic carbocycles. The molecule has 0 amide bonds. The quantitative estimate of drug-likeness (QED) is 0.175. The summed E-state index contributed by atoms with van der Waals surface area (Å²) in [7, 11) is 0. The van der Waals surface area contributed by atoms with Gasteiger partial charge in [-0.25, -0.2) is 0 Å². The van der Waals surface area contributed by atoms with E-state index < -0.39 is 5.41 Å². The minimum absolute atomic E-state index is 0.524. The first kappa shape index (κ1) is 32.6. The van der Waals surface area contributed by atoms with E-state index in [9.17, 15) is 0 Å². The van der Waals surface area contributed by atoms with Crippen LogP contribution in [-0.2, 0) is 5.41 Å². The van der Waals surface area contributed by atoms with Crippen molar-refractivity contribution in [1.82, 2.24) is 0 Å². The number of furan rings is 1. The molecule has 0 atom stereocenters. The predicted octanol–water partition coefficient (Wildman–Crippen LogP) is 14.9. The highest BCUT2D eigenvalue weighted by atomic mass is 16.3. The molecule has 0 radical (unpaired) electrons. The maximum absolute atomic E-state index is 6.72. The highest BCUT2D eigenvalue weighted by molar-refractivity contribution is 6.10. The summed E-state index contributed by atoms with van der Waals surface area (Å²) in [6, 6.07) is 79.2. The molecule has 1 spiro atoms. The number of rotatable bonds is 5. The molecule has 12 rings (SSSR count). The van der Waals surface area contributed by atoms with E-state index in [1.807, 2.05) is 6.07 Å². The molecule has 0 unspecified atom stereocenters. The lowest BCUT2D eigenvalue weighted by Crippen LogP contribution is -2.36. The van der Waals surface area contributed by atoms with E-state index in [1.54, 1.807) is 0 Å². The van der Waals surface area contributed by atoms with E-state index in [0.717, 1.165) is 44.7 Å². The van der Waals surface area contributed by atoms with E-state index in [-0.39, 0.29) is 0 Å². The number of nitrogens with zero attached hydrogens (tertiary/aromatic N) is 2. The van der Waals surface area contributed by atoms with Gasteiger partial charge < -0.3 is 14.2 Å². The number of benzene rings is 9. The molecular weight excluding hydrogens is 705 g/mol. The standard InChI is InChI=1S/C55H36N2O/c1-3-16-37(17-4-1)38-30-32-40(33-31-38)56(52-28-15-22-44-43-21-8-14-29-53(43)58-54(44)52)41-34-35-47-45(36-41)42-20-7-9-23-46(42)55(47)48-24-10-12-26-50(48)57(39-18-5-2-6-19-39)51-27-13-11-25-49(51)55/h1-36H. The van der Waals surface area contributed by atoms with Crippen LogP contribution >= 0.6 is 0 Å². The van der Waals surface area contributed by atoms with Gasteiger partial charge in [-0.15, -0.1) is 0 Å². The summed E-state index contributed by atoms with van der Waals surface area (Å²) in [6.45, 7) is 0. The Morgan fingerprint density at radius 3 is 1.72 bits per heavy atom. The molecule has 0 N–H and O–H groups in total. The van der Waals surface area contributed by atoms with Crippen LogP contribution in [0.1, 0.15) is 22.3 Å². The van der Waals surface area contributed by atoms with Crippen LogP contribution in [0.25, 0.3) is 44.2 Å². The SMILES string of the molecule is c1ccc(-c2ccc(N(c3ccc4c(c3)-c3ccccc3C43c4ccccc4N(c4ccccc4)c4ccccc43)c3cccc4c3oc3ccccc34)cc2)cc1. The lowest BCUT2D eigenvalue weighted by molar-refractivity contribution is 0.669. The van der Waals surface area contributed by atoms with E-state index >= 15 is 0 Å². The minimum Gasteiger partial charge on any atom is -0.454 e. The number of hydrogen-bond acceptors (Lipinski definition) is 3. The third kappa shape index (κ3) is 4.62. The van der Waals surface area contributed by atoms with Crippen molar-refractivity contribution >= 4 is 56.1 Å². The van der Waals surface area contributed by atoms with Gasteiger partial charge in [-0.05, 0) is 105 Å². The van der Waals surface area contributed by atoms with Crippen molar-refractivity contribution in [2.75, 3.05) is 9.80 Å². The Kier molecular flexibility index (Phi) is 7.14. The van der Waals surface area contributed by atoms with Gasteiger partial charge >= 0.3 is 0 Å². The van der Waals surface area contributed by atoms with Gasteiger partial charge in [0.05, 0.1) is 22.5 Å². The smallest absolute Gasteiger partial charge is 0.159 e. The normalized spacial score (nSPS) is 13.3. The molecule has 1 aliphatic heterocycles. The summed E-state index contributed by atoms with van der Waals surface area (Å²) >= 11 is 0. The van der Waals surface area contributed by atoms with Crippen LogP contribution < -0.4 is 9.80 Å². The van der Waals surface area contributed by atoms with Crippen LogP contribution in [-0.4, -0.2) is 0 Å². The van der Waals surface area contributed by atoms with Crippen molar-refractivity contribution in [1.29, 1.82) is 0 Å². The Labute approximate surface area is 337 Å². The Balaban J connectivity index is 1.11. The highest BCUT2D eigenvalue weighted by Crippen LogP contribution is 2.64. The van der Waals surface area contributed by atoms with Gasteiger partial charge in [-0.1, -0.05) is 158 Å². The first-order valence-corrected chi connectivity index (χ1v) is 19.9. The highest BCUT2D eigenvalue weighted by Gasteiger charge is 2.51. The summed E-state index contributed by atoms with van der Waals surface area (Å²) in [5, 5.41) is 2.21. The van der Waals surface area contributed by atoms with Gasteiger partial charge in [0, 0.05) is 27.8 Å². The zero-order valence-corrected chi connectivity index (χ0v) is 31.6. The van der Waals surface area contributed by atoms with E-state index in [4.69, 9.17) is 4.42 Å². The molecule has 1 aromatic heterocycles. The first-order chi connectivity index (χ1) is 28.8. The number of anilines is 6. The van der Waals surface area contributed by atoms with E-state index in [1.165, 1.54) is 55.9 Å². The van der Waals surface area contributed by atoms with Crippen molar-refractivity contribution in [3.05, 3.63) is 241 Å². The van der Waals surface area contributed by atoms with Crippen LogP contribution in [0.3, 0.4) is 0 Å². The van der Waals surface area contributed by atoms with Crippen molar-refractivity contribution in [3.8, 4) is 22.3 Å². The van der Waals surface area contributed by atoms with Crippen LogP contribution in [0.2, 0.25) is 0 Å². The number of hydrogen-bond donors (Lipinski definition) is 0. The zero-order chi connectivity index (χ0) is 38.2. The third-order valence-electron chi connectivity index (χ3n) is 12.3. The monoisotopic (exact) mass is 740 g/mol. The molecule has 0 saturated carbocycles. The lowest BCUT2D eigenvalue weighted by Gasteiger charge is -2.45. The number of para-hydroxylation sites is 5. The van der Waals surface area contributed by atoms with Crippen LogP contribution in [0.4, 0.5) is 34.1 Å². The maximum Gasteiger partial charge on any atom is 0.159 e. The molecule has 2 heterocycles. The second-order valence-electron chi connectivity index (χ2n) is 15.2. The van der Waals surface area contributed by atoms with Gasteiger partial charge in [0.2, 0.25) is 0 Å². The van der Waals surface area contributed by atoms with E-state index in [0.29, 0.717) is 0 Å². The van der Waals surface area contributed by atoms with Gasteiger partial charge in [-0.3, -0.25) is 0 Å². The molecule has 58 heavy (non-hydrogen) atoms. The van der Waals surface area contributed by atoms with Gasteiger partial charge in [-0.2, -0.15) is 0 Å². The second-order valence-corrected chi connectivity index (χ2v) is 15.2. The topological polar surface area (TPSA) is 19.6 Å². The number of fused-ring (bicyclic) bond motifs is 12. The average Bonchev–Trinajstić information content (AvgIpc) is 3.82. The Bertz CT molecular complexity index is 3140. The molecule has 10 aromatic rings. The lowest BCUT2D eigenvalue weighted by atomic mass is 9.64. The fourth-order valence-electron chi connectivity index (χ4n) is 9.86. The van der Waals surface area contributed by atoms with Crippen molar-refractivity contribution in [2.45, 2.75) is 5.41 Å². The molecule has 0 bridgehead atoms. The molecular formula is C55H36N2O. The van der Waals surface area contributed by atoms with Crippen LogP contribution in [0.15, 0.2) is 223 Å². The summed E-state index contributed by atoms with van der Waals surface area (Å²) in [5.74, 6) is 0. The fourth-order valence-corrected chi connectivity index (χ4v) is 9.86. The van der Waals surface area contributed by atoms with E-state index in [2.05, 4.69) is 222 Å². The molecule has 3 nitrogen and oxygen atoms in total. The molecule has 272 valence electrons. The third-order valence-corrected chi connectivity index (χ3v) is 12.3. The Hall–Kier alpha value is -7.62. The zero-order valence-electron chi connectivity index (χ0n) is 31.6. The molecule has 9 aromatic carbocycles. The largest absolute Gasteiger partial charge is 0.454 e. The predicted molar refractivity (Wildman–Crippen MR) is 239 cm³/mol. The fraction of sp³-hybridized carbons (Fsp3) is 0.0182. The summed E-state index contributed by atoms with van der Waals surface area (Å²) in [5.41, 5.74) is 17.8. The van der Waals surface area contributed by atoms with Crippen molar-refractivity contribution in [2.24, 2.45) is 0 Å². The Morgan fingerprint density at radius 1 is 0.397 bits per heavy atom. The van der Waals surface area contributed by atoms with Gasteiger partial charge in [0.1, 0.15) is 5.58 Å². The van der Waals surface area contributed by atoms with Gasteiger partial charge in [0.25, 0.3) is 0 Å². The maximum atomic E-state index is 6.72. The molecule has 3 heteroatoms. The minimum atomic E-state index is -0.524. The molecule has 2 aliphatic rings. The average molecular weight is 741 g/mol. The summed E-state index contributed by atoms with van der Waals surface area (Å²) in [4.78, 5) is 4.80. The van der Waals surface area contributed by atoms with Crippen molar-refractivity contribution < 1.29 is 4.42 Å². The molecule has 0 saturated heterocycles. The van der Waals surface area contributed by atoms with Crippen LogP contribution in [0, 0.1) is 0 Å². The molecule has 0 fully saturated rings. The van der Waals surface area contributed by atoms with Crippen molar-refractivity contribution in [3.63, 3.8) is 0 Å². The summed E-state index contributed by atoms with van der Waals surface area (Å²) in [6.07, 6.45) is 0. The first-order valence-electron chi connectivity index (χ1n) is 19.9. The van der Waals surface area contributed by atoms with Crippen LogP contribution in [0.5, 0.6) is 0 Å². The summed E-state index contributed by atoms with van der Waals surface area (Å²) < 4.78 is 6.72. The second kappa shape index (κ2) is 12.7.